The van der Waals surface area contributed by atoms with E-state index in [4.69, 9.17) is 0 Å². The first-order valence-corrected chi connectivity index (χ1v) is 9.90. The number of carbonyl (C=O) groups excluding carboxylic acids is 1. The number of amides is 1. The second-order valence-corrected chi connectivity index (χ2v) is 7.71. The number of hydrogen-bond acceptors (Lipinski definition) is 4. The second-order valence-electron chi connectivity index (χ2n) is 6.83. The van der Waals surface area contributed by atoms with Gasteiger partial charge >= 0.3 is 0 Å². The van der Waals surface area contributed by atoms with Crippen LogP contribution < -0.4 is 10.7 Å². The summed E-state index contributed by atoms with van der Waals surface area (Å²) in [5.41, 5.74) is 2.28. The van der Waals surface area contributed by atoms with E-state index in [0.717, 1.165) is 29.0 Å². The maximum atomic E-state index is 12.9. The Morgan fingerprint density at radius 3 is 2.89 bits per heavy atom. The van der Waals surface area contributed by atoms with E-state index >= 15 is 0 Å². The minimum atomic E-state index is -0.323. The molecule has 5 rings (SSSR count). The van der Waals surface area contributed by atoms with Gasteiger partial charge in [-0.3, -0.25) is 9.59 Å². The van der Waals surface area contributed by atoms with E-state index in [1.54, 1.807) is 35.9 Å². The second kappa shape index (κ2) is 6.73. The van der Waals surface area contributed by atoms with Gasteiger partial charge in [-0.05, 0) is 54.8 Å². The first kappa shape index (κ1) is 16.9. The smallest absolute Gasteiger partial charge is 0.257 e. The van der Waals surface area contributed by atoms with Crippen LogP contribution in [0.1, 0.15) is 23.2 Å². The van der Waals surface area contributed by atoms with E-state index in [0.29, 0.717) is 11.0 Å². The molecule has 0 unspecified atom stereocenters. The Hall–Kier alpha value is -3.25. The number of hydrogen-bond donors (Lipinski definition) is 1. The lowest BCUT2D eigenvalue weighted by atomic mass is 10.1. The maximum Gasteiger partial charge on any atom is 0.257 e. The number of nitrogens with one attached hydrogen (secondary N) is 1. The fraction of sp³-hybridized carbons (Fsp3) is 0.136. The zero-order valence-electron chi connectivity index (χ0n) is 14.9. The molecule has 1 radical (unpaired) electrons. The van der Waals surface area contributed by atoms with Crippen LogP contribution in [0.15, 0.2) is 65.7 Å². The third kappa shape index (κ3) is 3.01. The molecule has 0 spiro atoms. The Bertz CT molecular complexity index is 1240. The highest BCUT2D eigenvalue weighted by Crippen LogP contribution is 2.27. The van der Waals surface area contributed by atoms with Crippen LogP contribution in [0.2, 0.25) is 0 Å². The Morgan fingerprint density at radius 2 is 2.11 bits per heavy atom. The van der Waals surface area contributed by atoms with Gasteiger partial charge in [-0.15, -0.1) is 11.3 Å². The monoisotopic (exact) mass is 386 g/mol. The van der Waals surface area contributed by atoms with Crippen molar-refractivity contribution in [1.82, 2.24) is 14.9 Å². The maximum absolute atomic E-state index is 12.9. The van der Waals surface area contributed by atoms with Crippen molar-refractivity contribution < 1.29 is 4.79 Å². The summed E-state index contributed by atoms with van der Waals surface area (Å²) in [6.07, 6.45) is 5.19. The van der Waals surface area contributed by atoms with Crippen molar-refractivity contribution in [2.45, 2.75) is 18.9 Å². The van der Waals surface area contributed by atoms with Gasteiger partial charge in [0.1, 0.15) is 11.2 Å². The Morgan fingerprint density at radius 1 is 1.21 bits per heavy atom. The Kier molecular flexibility index (Phi) is 4.06. The fourth-order valence-corrected chi connectivity index (χ4v) is 3.86. The standard InChI is InChI=1S/C22H16N3O2S/c26-20-17-6-2-10-23-21(17)25(13-18(20)22(27)24-15-8-9-15)16-5-1-4-14(12-16)19-7-3-11-28-19/h1-7,10,12-13,15H,8-9H2,(H,24,27). The molecule has 3 heterocycles. The van der Waals surface area contributed by atoms with Gasteiger partial charge in [0.05, 0.1) is 5.39 Å². The third-order valence-electron chi connectivity index (χ3n) is 4.80. The molecule has 0 atom stereocenters. The molecule has 1 amide bonds. The average molecular weight is 386 g/mol. The van der Waals surface area contributed by atoms with Crippen LogP contribution in [-0.2, 0) is 0 Å². The summed E-state index contributed by atoms with van der Waals surface area (Å²) in [6.45, 7) is 0. The van der Waals surface area contributed by atoms with E-state index in [-0.39, 0.29) is 22.9 Å². The van der Waals surface area contributed by atoms with E-state index < -0.39 is 0 Å². The lowest BCUT2D eigenvalue weighted by Crippen LogP contribution is -2.31. The molecule has 6 heteroatoms. The summed E-state index contributed by atoms with van der Waals surface area (Å²) in [7, 11) is 0. The zero-order chi connectivity index (χ0) is 19.1. The topological polar surface area (TPSA) is 64.0 Å². The molecule has 1 aliphatic carbocycles. The lowest BCUT2D eigenvalue weighted by molar-refractivity contribution is 0.0949. The van der Waals surface area contributed by atoms with Gasteiger partial charge in [-0.25, -0.2) is 4.98 Å². The third-order valence-corrected chi connectivity index (χ3v) is 5.65. The molecule has 1 aliphatic rings. The van der Waals surface area contributed by atoms with Crippen LogP contribution in [0.4, 0.5) is 0 Å². The first-order chi connectivity index (χ1) is 13.7. The highest BCUT2D eigenvalue weighted by Gasteiger charge is 2.26. The summed E-state index contributed by atoms with van der Waals surface area (Å²) < 4.78 is 1.82. The van der Waals surface area contributed by atoms with Crippen molar-refractivity contribution >= 4 is 28.3 Å². The number of pyridine rings is 2. The number of rotatable bonds is 4. The number of fused-ring (bicyclic) bond motifs is 1. The number of aromatic nitrogens is 2. The van der Waals surface area contributed by atoms with Gasteiger partial charge < -0.3 is 9.88 Å². The van der Waals surface area contributed by atoms with E-state index in [1.165, 1.54) is 0 Å². The van der Waals surface area contributed by atoms with Crippen molar-refractivity contribution in [2.24, 2.45) is 0 Å². The molecule has 5 nitrogen and oxygen atoms in total. The quantitative estimate of drug-likeness (QED) is 0.580. The fourth-order valence-electron chi connectivity index (χ4n) is 3.21. The van der Waals surface area contributed by atoms with E-state index in [2.05, 4.69) is 15.7 Å². The van der Waals surface area contributed by atoms with Gasteiger partial charge in [0.15, 0.2) is 0 Å². The molecule has 1 N–H and O–H groups in total. The number of thiophene rings is 1. The molecule has 0 bridgehead atoms. The number of nitrogens with zero attached hydrogens (tertiary/aromatic N) is 2. The van der Waals surface area contributed by atoms with E-state index in [9.17, 15) is 9.59 Å². The van der Waals surface area contributed by atoms with E-state index in [1.807, 2.05) is 41.0 Å². The molecule has 0 aliphatic heterocycles. The van der Waals surface area contributed by atoms with Crippen molar-refractivity contribution in [3.63, 3.8) is 0 Å². The molecule has 1 fully saturated rings. The van der Waals surface area contributed by atoms with Crippen LogP contribution >= 0.6 is 11.3 Å². The Balaban J connectivity index is 1.70. The number of carbonyl (C=O) groups is 1. The van der Waals surface area contributed by atoms with Crippen molar-refractivity contribution in [2.75, 3.05) is 0 Å². The van der Waals surface area contributed by atoms with Gasteiger partial charge in [-0.2, -0.15) is 0 Å². The normalized spacial score (nSPS) is 13.6. The summed E-state index contributed by atoms with van der Waals surface area (Å²) >= 11 is 1.54. The van der Waals surface area contributed by atoms with Crippen molar-refractivity contribution in [1.29, 1.82) is 0 Å². The molecule has 28 heavy (non-hydrogen) atoms. The van der Waals surface area contributed by atoms with Crippen molar-refractivity contribution in [3.8, 4) is 16.1 Å². The molecular weight excluding hydrogens is 370 g/mol. The highest BCUT2D eigenvalue weighted by molar-refractivity contribution is 7.13. The largest absolute Gasteiger partial charge is 0.349 e. The average Bonchev–Trinajstić information content (AvgIpc) is 3.37. The molecule has 3 aromatic heterocycles. The molecule has 1 aromatic carbocycles. The van der Waals surface area contributed by atoms with Crippen molar-refractivity contribution in [3.05, 3.63) is 82.1 Å². The van der Waals surface area contributed by atoms with Crippen LogP contribution in [0.3, 0.4) is 0 Å². The van der Waals surface area contributed by atoms with Crippen LogP contribution in [0.25, 0.3) is 27.2 Å². The highest BCUT2D eigenvalue weighted by atomic mass is 32.1. The molecular formula is C22H16N3O2S. The minimum absolute atomic E-state index is 0.141. The predicted molar refractivity (Wildman–Crippen MR) is 110 cm³/mol. The van der Waals surface area contributed by atoms with Crippen LogP contribution in [-0.4, -0.2) is 21.5 Å². The summed E-state index contributed by atoms with van der Waals surface area (Å²) in [5.74, 6) is -0.323. The summed E-state index contributed by atoms with van der Waals surface area (Å²) in [5, 5.41) is 6.45. The predicted octanol–water partition coefficient (Wildman–Crippen LogP) is 3.81. The number of benzene rings is 1. The minimum Gasteiger partial charge on any atom is -0.349 e. The SMILES string of the molecule is O=C(NC1CC1)c1cn(-c2cccc(-c3cc[c]s3)c2)c2ncccc2c1=O. The van der Waals surface area contributed by atoms with Crippen LogP contribution in [0.5, 0.6) is 0 Å². The van der Waals surface area contributed by atoms with Gasteiger partial charge in [0.25, 0.3) is 5.91 Å². The Labute approximate surface area is 165 Å². The molecule has 137 valence electrons. The summed E-state index contributed by atoms with van der Waals surface area (Å²) in [6, 6.07) is 15.5. The molecule has 1 saturated carbocycles. The zero-order valence-corrected chi connectivity index (χ0v) is 15.7. The summed E-state index contributed by atoms with van der Waals surface area (Å²) in [4.78, 5) is 31.1. The van der Waals surface area contributed by atoms with Gasteiger partial charge in [0.2, 0.25) is 5.43 Å². The van der Waals surface area contributed by atoms with Gasteiger partial charge in [0, 0.05) is 34.4 Å². The lowest BCUT2D eigenvalue weighted by Gasteiger charge is -2.13. The molecule has 4 aromatic rings. The molecule has 0 saturated heterocycles. The van der Waals surface area contributed by atoms with Crippen LogP contribution in [0, 0.1) is 5.38 Å². The first-order valence-electron chi connectivity index (χ1n) is 9.08. The van der Waals surface area contributed by atoms with Gasteiger partial charge in [-0.1, -0.05) is 12.1 Å².